The maximum atomic E-state index is 12.2. The minimum absolute atomic E-state index is 0.115. The summed E-state index contributed by atoms with van der Waals surface area (Å²) >= 11 is 5.73. The zero-order valence-electron chi connectivity index (χ0n) is 12.5. The minimum Gasteiger partial charge on any atom is -0.480 e. The van der Waals surface area contributed by atoms with E-state index in [-0.39, 0.29) is 12.1 Å². The first-order chi connectivity index (χ1) is 11.5. The summed E-state index contributed by atoms with van der Waals surface area (Å²) < 4.78 is 0. The van der Waals surface area contributed by atoms with Gasteiger partial charge in [-0.25, -0.2) is 9.78 Å². The van der Waals surface area contributed by atoms with E-state index in [1.807, 2.05) is 24.3 Å². The maximum absolute atomic E-state index is 12.2. The summed E-state index contributed by atoms with van der Waals surface area (Å²) in [5, 5.41) is 13.3. The fourth-order valence-electron chi connectivity index (χ4n) is 2.46. The van der Waals surface area contributed by atoms with Gasteiger partial charge in [0, 0.05) is 29.7 Å². The van der Waals surface area contributed by atoms with Gasteiger partial charge >= 0.3 is 5.97 Å². The summed E-state index contributed by atoms with van der Waals surface area (Å²) in [5.74, 6) is -1.67. The maximum Gasteiger partial charge on any atom is 0.326 e. The van der Waals surface area contributed by atoms with E-state index in [2.05, 4.69) is 15.3 Å². The number of pyridine rings is 1. The molecular formula is C17H14ClN3O3. The number of nitrogens with zero attached hydrogens (tertiary/aromatic N) is 1. The summed E-state index contributed by atoms with van der Waals surface area (Å²) in [6, 6.07) is 9.50. The zero-order chi connectivity index (χ0) is 17.1. The number of hydrogen-bond acceptors (Lipinski definition) is 3. The number of carbonyl (C=O) groups is 2. The van der Waals surface area contributed by atoms with Crippen molar-refractivity contribution >= 4 is 34.4 Å². The second-order valence-corrected chi connectivity index (χ2v) is 5.73. The highest BCUT2D eigenvalue weighted by atomic mass is 35.5. The van der Waals surface area contributed by atoms with Crippen LogP contribution in [0, 0.1) is 0 Å². The summed E-state index contributed by atoms with van der Waals surface area (Å²) in [7, 11) is 0. The molecule has 0 aliphatic heterocycles. The van der Waals surface area contributed by atoms with Crippen molar-refractivity contribution in [3.05, 3.63) is 65.1 Å². The number of aromatic nitrogens is 2. The average molecular weight is 344 g/mol. The highest BCUT2D eigenvalue weighted by Gasteiger charge is 2.23. The largest absolute Gasteiger partial charge is 0.480 e. The standard InChI is InChI=1S/C17H14ClN3O3/c18-11-5-6-14(20-9-11)16(22)21-15(17(23)24)7-10-8-19-13-4-2-1-3-12(10)13/h1-6,8-9,15,19H,7H2,(H,21,22)(H,23,24)/t15-/m1/s1. The molecule has 0 aliphatic rings. The molecule has 0 saturated carbocycles. The number of para-hydroxylation sites is 1. The molecule has 3 rings (SSSR count). The number of rotatable bonds is 5. The number of carboxylic acids is 1. The molecule has 0 radical (unpaired) electrons. The third-order valence-electron chi connectivity index (χ3n) is 3.66. The van der Waals surface area contributed by atoms with Gasteiger partial charge in [-0.2, -0.15) is 0 Å². The number of carboxylic acid groups (broad SMARTS) is 1. The fourth-order valence-corrected chi connectivity index (χ4v) is 2.57. The molecular weight excluding hydrogens is 330 g/mol. The van der Waals surface area contributed by atoms with Gasteiger partial charge in [-0.15, -0.1) is 0 Å². The monoisotopic (exact) mass is 343 g/mol. The van der Waals surface area contributed by atoms with Gasteiger partial charge < -0.3 is 15.4 Å². The Morgan fingerprint density at radius 1 is 1.25 bits per heavy atom. The summed E-state index contributed by atoms with van der Waals surface area (Å²) in [6.07, 6.45) is 3.26. The molecule has 1 aromatic carbocycles. The van der Waals surface area contributed by atoms with Crippen LogP contribution in [0.1, 0.15) is 16.1 Å². The zero-order valence-corrected chi connectivity index (χ0v) is 13.2. The van der Waals surface area contributed by atoms with Crippen molar-refractivity contribution in [3.63, 3.8) is 0 Å². The smallest absolute Gasteiger partial charge is 0.326 e. The number of carbonyl (C=O) groups excluding carboxylic acids is 1. The Labute approximate surface area is 142 Å². The molecule has 0 spiro atoms. The van der Waals surface area contributed by atoms with Crippen molar-refractivity contribution in [1.82, 2.24) is 15.3 Å². The summed E-state index contributed by atoms with van der Waals surface area (Å²) in [4.78, 5) is 30.7. The predicted octanol–water partition coefficient (Wildman–Crippen LogP) is 2.64. The predicted molar refractivity (Wildman–Crippen MR) is 90.1 cm³/mol. The van der Waals surface area contributed by atoms with Gasteiger partial charge in [0.2, 0.25) is 0 Å². The van der Waals surface area contributed by atoms with Gasteiger partial charge in [0.05, 0.1) is 5.02 Å². The van der Waals surface area contributed by atoms with Crippen molar-refractivity contribution in [2.24, 2.45) is 0 Å². The molecule has 3 N–H and O–H groups in total. The van der Waals surface area contributed by atoms with Crippen LogP contribution in [0.5, 0.6) is 0 Å². The van der Waals surface area contributed by atoms with E-state index in [0.29, 0.717) is 5.02 Å². The highest BCUT2D eigenvalue weighted by Crippen LogP contribution is 2.19. The number of hydrogen-bond donors (Lipinski definition) is 3. The van der Waals surface area contributed by atoms with E-state index in [9.17, 15) is 14.7 Å². The van der Waals surface area contributed by atoms with Crippen LogP contribution in [0.3, 0.4) is 0 Å². The second kappa shape index (κ2) is 6.72. The van der Waals surface area contributed by atoms with Crippen LogP contribution in [0.4, 0.5) is 0 Å². The first-order valence-electron chi connectivity index (χ1n) is 7.25. The van der Waals surface area contributed by atoms with Crippen LogP contribution in [-0.2, 0) is 11.2 Å². The van der Waals surface area contributed by atoms with Gasteiger partial charge in [0.1, 0.15) is 11.7 Å². The Morgan fingerprint density at radius 3 is 2.75 bits per heavy atom. The summed E-state index contributed by atoms with van der Waals surface area (Å²) in [6.45, 7) is 0. The molecule has 6 nitrogen and oxygen atoms in total. The van der Waals surface area contributed by atoms with Crippen LogP contribution in [-0.4, -0.2) is 33.0 Å². The quantitative estimate of drug-likeness (QED) is 0.663. The van der Waals surface area contributed by atoms with Crippen LogP contribution in [0.2, 0.25) is 5.02 Å². The molecule has 2 aromatic heterocycles. The number of amides is 1. The molecule has 0 unspecified atom stereocenters. The number of nitrogens with one attached hydrogen (secondary N) is 2. The molecule has 7 heteroatoms. The Bertz CT molecular complexity index is 889. The number of fused-ring (bicyclic) bond motifs is 1. The number of benzene rings is 1. The van der Waals surface area contributed by atoms with E-state index >= 15 is 0 Å². The number of H-pyrrole nitrogens is 1. The lowest BCUT2D eigenvalue weighted by atomic mass is 10.0. The van der Waals surface area contributed by atoms with Crippen LogP contribution in [0.15, 0.2) is 48.8 Å². The fraction of sp³-hybridized carbons (Fsp3) is 0.118. The van der Waals surface area contributed by atoms with E-state index in [4.69, 9.17) is 11.6 Å². The number of aliphatic carboxylic acids is 1. The van der Waals surface area contributed by atoms with Crippen LogP contribution >= 0.6 is 11.6 Å². The van der Waals surface area contributed by atoms with E-state index in [1.165, 1.54) is 18.3 Å². The van der Waals surface area contributed by atoms with Gasteiger partial charge in [-0.05, 0) is 23.8 Å². The second-order valence-electron chi connectivity index (χ2n) is 5.29. The lowest BCUT2D eigenvalue weighted by Crippen LogP contribution is -2.42. The lowest BCUT2D eigenvalue weighted by Gasteiger charge is -2.14. The molecule has 0 saturated heterocycles. The van der Waals surface area contributed by atoms with Crippen molar-refractivity contribution in [1.29, 1.82) is 0 Å². The SMILES string of the molecule is O=C(N[C@H](Cc1c[nH]c2ccccc12)C(=O)O)c1ccc(Cl)cn1. The third-order valence-corrected chi connectivity index (χ3v) is 3.89. The lowest BCUT2D eigenvalue weighted by molar-refractivity contribution is -0.139. The molecule has 0 bridgehead atoms. The van der Waals surface area contributed by atoms with E-state index in [0.717, 1.165) is 16.5 Å². The van der Waals surface area contributed by atoms with Gasteiger partial charge in [-0.1, -0.05) is 29.8 Å². The minimum atomic E-state index is -1.11. The Morgan fingerprint density at radius 2 is 2.04 bits per heavy atom. The normalized spacial score (nSPS) is 12.0. The average Bonchev–Trinajstić information content (AvgIpc) is 2.98. The highest BCUT2D eigenvalue weighted by molar-refractivity contribution is 6.30. The number of halogens is 1. The van der Waals surface area contributed by atoms with Gasteiger partial charge in [0.25, 0.3) is 5.91 Å². The van der Waals surface area contributed by atoms with E-state index < -0.39 is 17.9 Å². The number of aromatic amines is 1. The van der Waals surface area contributed by atoms with Gasteiger partial charge in [-0.3, -0.25) is 4.79 Å². The molecule has 0 aliphatic carbocycles. The molecule has 2 heterocycles. The first-order valence-corrected chi connectivity index (χ1v) is 7.62. The third kappa shape index (κ3) is 3.38. The van der Waals surface area contributed by atoms with Gasteiger partial charge in [0.15, 0.2) is 0 Å². The van der Waals surface area contributed by atoms with E-state index in [1.54, 1.807) is 6.20 Å². The Balaban J connectivity index is 1.79. The van der Waals surface area contributed by atoms with Crippen molar-refractivity contribution in [2.45, 2.75) is 12.5 Å². The first kappa shape index (κ1) is 16.0. The molecule has 122 valence electrons. The molecule has 1 atom stereocenters. The topological polar surface area (TPSA) is 95.1 Å². The van der Waals surface area contributed by atoms with Crippen LogP contribution in [0.25, 0.3) is 10.9 Å². The van der Waals surface area contributed by atoms with Crippen molar-refractivity contribution in [3.8, 4) is 0 Å². The molecule has 1 amide bonds. The molecule has 3 aromatic rings. The summed E-state index contributed by atoms with van der Waals surface area (Å²) in [5.41, 5.74) is 1.86. The Hall–Kier alpha value is -2.86. The molecule has 24 heavy (non-hydrogen) atoms. The van der Waals surface area contributed by atoms with Crippen molar-refractivity contribution in [2.75, 3.05) is 0 Å². The molecule has 0 fully saturated rings. The van der Waals surface area contributed by atoms with Crippen molar-refractivity contribution < 1.29 is 14.7 Å². The van der Waals surface area contributed by atoms with Crippen LogP contribution < -0.4 is 5.32 Å². The Kier molecular flexibility index (Phi) is 4.48.